The molecule has 1 fully saturated rings. The number of carbonyl (C=O) groups excluding carboxylic acids is 1. The lowest BCUT2D eigenvalue weighted by Gasteiger charge is -2.32. The van der Waals surface area contributed by atoms with Gasteiger partial charge in [-0.25, -0.2) is 4.98 Å². The lowest BCUT2D eigenvalue weighted by Crippen LogP contribution is -2.41. The Bertz CT molecular complexity index is 859. The number of rotatable bonds is 5. The number of H-pyrrole nitrogens is 1. The third-order valence-corrected chi connectivity index (χ3v) is 5.55. The number of pyridine rings is 1. The Hall–Kier alpha value is -2.15. The van der Waals surface area contributed by atoms with Crippen LogP contribution in [0.3, 0.4) is 0 Å². The molecule has 1 amide bonds. The van der Waals surface area contributed by atoms with Gasteiger partial charge in [-0.05, 0) is 56.8 Å². The molecule has 26 heavy (non-hydrogen) atoms. The summed E-state index contributed by atoms with van der Waals surface area (Å²) in [5.41, 5.74) is 3.06. The van der Waals surface area contributed by atoms with Crippen LogP contribution >= 0.6 is 0 Å². The third-order valence-electron chi connectivity index (χ3n) is 5.55. The Kier molecular flexibility index (Phi) is 5.46. The van der Waals surface area contributed by atoms with E-state index in [2.05, 4.69) is 22.3 Å². The first-order valence-corrected chi connectivity index (χ1v) is 9.45. The van der Waals surface area contributed by atoms with Crippen LogP contribution < -0.4 is 10.9 Å². The van der Waals surface area contributed by atoms with E-state index < -0.39 is 0 Å². The summed E-state index contributed by atoms with van der Waals surface area (Å²) in [4.78, 5) is 31.5. The van der Waals surface area contributed by atoms with Crippen LogP contribution in [-0.4, -0.2) is 51.8 Å². The van der Waals surface area contributed by atoms with E-state index in [4.69, 9.17) is 0 Å². The molecule has 2 aromatic heterocycles. The van der Waals surface area contributed by atoms with Gasteiger partial charge in [0.15, 0.2) is 5.65 Å². The fourth-order valence-electron chi connectivity index (χ4n) is 3.91. The second-order valence-electron chi connectivity index (χ2n) is 7.31. The maximum atomic E-state index is 12.8. The maximum Gasteiger partial charge on any atom is 0.273 e. The first-order valence-electron chi connectivity index (χ1n) is 9.45. The van der Waals surface area contributed by atoms with E-state index in [0.717, 1.165) is 55.8 Å². The van der Waals surface area contributed by atoms with E-state index in [9.17, 15) is 9.59 Å². The Morgan fingerprint density at radius 2 is 2.00 bits per heavy atom. The van der Waals surface area contributed by atoms with Crippen molar-refractivity contribution in [1.29, 1.82) is 0 Å². The molecule has 0 saturated carbocycles. The van der Waals surface area contributed by atoms with E-state index >= 15 is 0 Å². The van der Waals surface area contributed by atoms with Crippen molar-refractivity contribution in [3.63, 3.8) is 0 Å². The van der Waals surface area contributed by atoms with Crippen LogP contribution in [0.4, 0.5) is 0 Å². The highest BCUT2D eigenvalue weighted by atomic mass is 16.2. The second-order valence-corrected chi connectivity index (χ2v) is 7.31. The van der Waals surface area contributed by atoms with Gasteiger partial charge in [-0.1, -0.05) is 6.92 Å². The molecule has 3 rings (SSSR count). The standard InChI is InChI=1S/C19H29N5O2/c1-5-20-11-14-6-8-24(9-7-14)16(25)10-15-12(2)17-18(21-13(15)3)23(4)22-19(17)26/h14,20H,5-11H2,1-4H3,(H,22,26). The highest BCUT2D eigenvalue weighted by molar-refractivity contribution is 5.84. The molecular weight excluding hydrogens is 330 g/mol. The minimum Gasteiger partial charge on any atom is -0.342 e. The average Bonchev–Trinajstić information content (AvgIpc) is 2.90. The normalized spacial score (nSPS) is 15.8. The molecule has 0 atom stereocenters. The zero-order valence-electron chi connectivity index (χ0n) is 16.2. The van der Waals surface area contributed by atoms with Crippen LogP contribution in [0, 0.1) is 19.8 Å². The van der Waals surface area contributed by atoms with Gasteiger partial charge in [-0.3, -0.25) is 19.4 Å². The molecule has 0 bridgehead atoms. The summed E-state index contributed by atoms with van der Waals surface area (Å²) in [5.74, 6) is 0.787. The number of piperidine rings is 1. The molecule has 7 heteroatoms. The fraction of sp³-hybridized carbons (Fsp3) is 0.632. The largest absolute Gasteiger partial charge is 0.342 e. The summed E-state index contributed by atoms with van der Waals surface area (Å²) in [6.45, 7) is 9.60. The molecule has 0 spiro atoms. The van der Waals surface area contributed by atoms with Gasteiger partial charge < -0.3 is 10.2 Å². The van der Waals surface area contributed by atoms with E-state index in [0.29, 0.717) is 23.4 Å². The Morgan fingerprint density at radius 1 is 1.31 bits per heavy atom. The number of aromatic amines is 1. The Balaban J connectivity index is 1.74. The molecule has 1 saturated heterocycles. The van der Waals surface area contributed by atoms with Crippen LogP contribution in [0.1, 0.15) is 36.6 Å². The molecule has 2 aromatic rings. The molecule has 0 radical (unpaired) electrons. The quantitative estimate of drug-likeness (QED) is 0.842. The number of nitrogens with one attached hydrogen (secondary N) is 2. The number of fused-ring (bicyclic) bond motifs is 1. The Labute approximate surface area is 153 Å². The van der Waals surface area contributed by atoms with Gasteiger partial charge in [0.05, 0.1) is 11.8 Å². The summed E-state index contributed by atoms with van der Waals surface area (Å²) in [5, 5.41) is 6.73. The summed E-state index contributed by atoms with van der Waals surface area (Å²) in [6, 6.07) is 0. The number of nitrogens with zero attached hydrogens (tertiary/aromatic N) is 3. The van der Waals surface area contributed by atoms with E-state index in [1.54, 1.807) is 11.7 Å². The zero-order valence-corrected chi connectivity index (χ0v) is 16.2. The fourth-order valence-corrected chi connectivity index (χ4v) is 3.91. The van der Waals surface area contributed by atoms with Crippen molar-refractivity contribution in [1.82, 2.24) is 25.0 Å². The van der Waals surface area contributed by atoms with Gasteiger partial charge in [-0.2, -0.15) is 0 Å². The molecule has 1 aliphatic heterocycles. The predicted molar refractivity (Wildman–Crippen MR) is 102 cm³/mol. The Morgan fingerprint density at radius 3 is 2.65 bits per heavy atom. The van der Waals surface area contributed by atoms with Gasteiger partial charge in [0.25, 0.3) is 5.56 Å². The molecule has 2 N–H and O–H groups in total. The maximum absolute atomic E-state index is 12.8. The summed E-state index contributed by atoms with van der Waals surface area (Å²) in [6.07, 6.45) is 2.41. The lowest BCUT2D eigenvalue weighted by molar-refractivity contribution is -0.131. The van der Waals surface area contributed by atoms with Crippen LogP contribution in [0.25, 0.3) is 11.0 Å². The van der Waals surface area contributed by atoms with Crippen molar-refractivity contribution in [2.75, 3.05) is 26.2 Å². The topological polar surface area (TPSA) is 83.0 Å². The molecular formula is C19H29N5O2. The highest BCUT2D eigenvalue weighted by Gasteiger charge is 2.24. The van der Waals surface area contributed by atoms with E-state index in [1.807, 2.05) is 18.7 Å². The van der Waals surface area contributed by atoms with Gasteiger partial charge in [0, 0.05) is 25.8 Å². The molecule has 0 aliphatic carbocycles. The summed E-state index contributed by atoms with van der Waals surface area (Å²) >= 11 is 0. The summed E-state index contributed by atoms with van der Waals surface area (Å²) < 4.78 is 1.64. The predicted octanol–water partition coefficient (Wildman–Crippen LogP) is 1.27. The van der Waals surface area contributed by atoms with Crippen molar-refractivity contribution in [2.24, 2.45) is 13.0 Å². The van der Waals surface area contributed by atoms with Crippen molar-refractivity contribution in [2.45, 2.75) is 40.0 Å². The molecule has 0 unspecified atom stereocenters. The second kappa shape index (κ2) is 7.61. The van der Waals surface area contributed by atoms with Crippen LogP contribution in [0.5, 0.6) is 0 Å². The van der Waals surface area contributed by atoms with E-state index in [1.165, 1.54) is 0 Å². The van der Waals surface area contributed by atoms with Gasteiger partial charge >= 0.3 is 0 Å². The van der Waals surface area contributed by atoms with Crippen molar-refractivity contribution >= 4 is 16.9 Å². The van der Waals surface area contributed by atoms with Crippen LogP contribution in [0.2, 0.25) is 0 Å². The lowest BCUT2D eigenvalue weighted by atomic mass is 9.95. The molecule has 3 heterocycles. The zero-order chi connectivity index (χ0) is 18.8. The smallest absolute Gasteiger partial charge is 0.273 e. The number of aromatic nitrogens is 3. The first kappa shape index (κ1) is 18.6. The molecule has 142 valence electrons. The number of hydrogen-bond acceptors (Lipinski definition) is 4. The van der Waals surface area contributed by atoms with Crippen molar-refractivity contribution in [3.05, 3.63) is 27.2 Å². The molecule has 0 aromatic carbocycles. The summed E-state index contributed by atoms with van der Waals surface area (Å²) in [7, 11) is 1.78. The monoisotopic (exact) mass is 359 g/mol. The SMILES string of the molecule is CCNCC1CCN(C(=O)Cc2c(C)nc3c(c2C)c(=O)[nH]n3C)CC1. The number of carbonyl (C=O) groups is 1. The number of hydrogen-bond donors (Lipinski definition) is 2. The van der Waals surface area contributed by atoms with Gasteiger partial charge in [0.2, 0.25) is 5.91 Å². The van der Waals surface area contributed by atoms with Crippen molar-refractivity contribution in [3.8, 4) is 0 Å². The third kappa shape index (κ3) is 3.53. The highest BCUT2D eigenvalue weighted by Crippen LogP contribution is 2.22. The van der Waals surface area contributed by atoms with Crippen molar-refractivity contribution < 1.29 is 4.79 Å². The minimum atomic E-state index is -0.148. The van der Waals surface area contributed by atoms with E-state index in [-0.39, 0.29) is 11.5 Å². The number of aryl methyl sites for hydroxylation is 3. The van der Waals surface area contributed by atoms with Crippen LogP contribution in [-0.2, 0) is 18.3 Å². The first-order chi connectivity index (χ1) is 12.4. The van der Waals surface area contributed by atoms with Crippen LogP contribution in [0.15, 0.2) is 4.79 Å². The minimum absolute atomic E-state index is 0.131. The molecule has 1 aliphatic rings. The number of amides is 1. The van der Waals surface area contributed by atoms with Gasteiger partial charge in [0.1, 0.15) is 0 Å². The molecule has 7 nitrogen and oxygen atoms in total. The number of likely N-dealkylation sites (tertiary alicyclic amines) is 1. The van der Waals surface area contributed by atoms with Gasteiger partial charge in [-0.15, -0.1) is 0 Å². The average molecular weight is 359 g/mol.